The van der Waals surface area contributed by atoms with Crippen LogP contribution in [-0.2, 0) is 9.53 Å². The number of hydrogen-bond acceptors (Lipinski definition) is 4. The molecule has 7 heteroatoms. The van der Waals surface area contributed by atoms with E-state index in [-0.39, 0.29) is 5.78 Å². The molecule has 134 valence electrons. The molecule has 25 heavy (non-hydrogen) atoms. The molecule has 1 atom stereocenters. The molecular weight excluding hydrogens is 338 g/mol. The second kappa shape index (κ2) is 8.87. The van der Waals surface area contributed by atoms with Crippen LogP contribution in [0.5, 0.6) is 0 Å². The van der Waals surface area contributed by atoms with Crippen molar-refractivity contribution in [2.75, 3.05) is 26.3 Å². The number of nitrogens with one attached hydrogen (secondary N) is 1. The SMILES string of the molecule is C1COCC[NH2+]1.CC(=O)C1=C(C)NC(=S)C(=C=[N-])C1c1ccc(C)o1. The summed E-state index contributed by atoms with van der Waals surface area (Å²) in [5, 5.41) is 14.5. The fourth-order valence-corrected chi connectivity index (χ4v) is 3.17. The molecule has 3 rings (SSSR count). The van der Waals surface area contributed by atoms with E-state index in [2.05, 4.69) is 16.5 Å². The van der Waals surface area contributed by atoms with Gasteiger partial charge in [0, 0.05) is 16.8 Å². The van der Waals surface area contributed by atoms with Crippen molar-refractivity contribution in [3.63, 3.8) is 0 Å². The molecule has 2 aliphatic rings. The molecule has 1 saturated heterocycles. The lowest BCUT2D eigenvalue weighted by Gasteiger charge is -2.28. The number of hydrogen-bond donors (Lipinski definition) is 2. The summed E-state index contributed by atoms with van der Waals surface area (Å²) >= 11 is 5.17. The van der Waals surface area contributed by atoms with Crippen LogP contribution in [0.1, 0.15) is 31.3 Å². The summed E-state index contributed by atoms with van der Waals surface area (Å²) in [5.41, 5.74) is 1.55. The van der Waals surface area contributed by atoms with Gasteiger partial charge in [-0.3, -0.25) is 10.7 Å². The molecular formula is C18H23N3O3S. The van der Waals surface area contributed by atoms with E-state index in [4.69, 9.17) is 21.4 Å². The van der Waals surface area contributed by atoms with Crippen LogP contribution in [0.2, 0.25) is 0 Å². The van der Waals surface area contributed by atoms with Crippen molar-refractivity contribution in [1.29, 1.82) is 0 Å². The van der Waals surface area contributed by atoms with E-state index in [1.54, 1.807) is 13.0 Å². The number of carbonyl (C=O) groups is 1. The molecule has 1 aromatic rings. The summed E-state index contributed by atoms with van der Waals surface area (Å²) in [5.74, 6) is 2.78. The molecule has 1 fully saturated rings. The Morgan fingerprint density at radius 2 is 2.04 bits per heavy atom. The van der Waals surface area contributed by atoms with E-state index in [0.29, 0.717) is 27.6 Å². The number of carbonyl (C=O) groups excluding carboxylic acids is 1. The summed E-state index contributed by atoms with van der Waals surface area (Å²) in [6.45, 7) is 9.27. The normalized spacial score (nSPS) is 20.4. The van der Waals surface area contributed by atoms with Crippen molar-refractivity contribution in [2.24, 2.45) is 0 Å². The fourth-order valence-electron chi connectivity index (χ4n) is 2.85. The number of ether oxygens (including phenoxy) is 1. The lowest BCUT2D eigenvalue weighted by molar-refractivity contribution is -0.670. The number of morpholine rings is 1. The Morgan fingerprint density at radius 3 is 2.44 bits per heavy atom. The number of quaternary nitrogens is 1. The van der Waals surface area contributed by atoms with Gasteiger partial charge in [-0.05, 0) is 32.9 Å². The first kappa shape index (κ1) is 19.3. The van der Waals surface area contributed by atoms with Crippen LogP contribution in [-0.4, -0.2) is 42.9 Å². The van der Waals surface area contributed by atoms with Gasteiger partial charge >= 0.3 is 0 Å². The van der Waals surface area contributed by atoms with Gasteiger partial charge in [0.05, 0.1) is 32.2 Å². The molecule has 0 amide bonds. The Hall–Kier alpha value is -2.05. The van der Waals surface area contributed by atoms with Crippen molar-refractivity contribution >= 4 is 28.9 Å². The third-order valence-corrected chi connectivity index (χ3v) is 4.33. The minimum absolute atomic E-state index is 0.0979. The van der Waals surface area contributed by atoms with E-state index in [1.807, 2.05) is 13.0 Å². The molecule has 6 nitrogen and oxygen atoms in total. The van der Waals surface area contributed by atoms with Gasteiger partial charge in [-0.25, -0.2) is 0 Å². The zero-order chi connectivity index (χ0) is 18.4. The summed E-state index contributed by atoms with van der Waals surface area (Å²) in [6, 6.07) is 3.59. The third-order valence-electron chi connectivity index (χ3n) is 4.01. The lowest BCUT2D eigenvalue weighted by Crippen LogP contribution is -2.87. The Bertz CT molecular complexity index is 729. The standard InChI is InChI=1S/C14H13N2O2S.C4H9NO/c1-7-4-5-11(18-7)13-10(6-15)14(19)16-8(2)12(13)9(3)17;1-3-6-4-2-5-1/h4-5,13H,1-3H3,(H,16,19);5H,1-4H2/q-1;/p+1. The molecule has 1 unspecified atom stereocenters. The average molecular weight is 361 g/mol. The van der Waals surface area contributed by atoms with Gasteiger partial charge in [-0.2, -0.15) is 0 Å². The average Bonchev–Trinajstić information content (AvgIpc) is 3.02. The number of nitrogens with zero attached hydrogens (tertiary/aromatic N) is 1. The number of aryl methyl sites for hydroxylation is 1. The zero-order valence-corrected chi connectivity index (χ0v) is 15.5. The van der Waals surface area contributed by atoms with E-state index in [1.165, 1.54) is 6.92 Å². The second-order valence-corrected chi connectivity index (χ2v) is 6.34. The molecule has 0 bridgehead atoms. The molecule has 0 aliphatic carbocycles. The highest BCUT2D eigenvalue weighted by atomic mass is 32.1. The molecule has 0 saturated carbocycles. The van der Waals surface area contributed by atoms with Gasteiger partial charge in [0.2, 0.25) is 0 Å². The van der Waals surface area contributed by atoms with Gasteiger partial charge in [-0.1, -0.05) is 12.2 Å². The molecule has 2 aliphatic heterocycles. The van der Waals surface area contributed by atoms with Crippen molar-refractivity contribution in [3.8, 4) is 0 Å². The topological polar surface area (TPSA) is 90.4 Å². The van der Waals surface area contributed by atoms with Crippen LogP contribution < -0.4 is 10.6 Å². The van der Waals surface area contributed by atoms with Crippen LogP contribution in [0.15, 0.2) is 33.4 Å². The van der Waals surface area contributed by atoms with E-state index >= 15 is 0 Å². The first-order valence-corrected chi connectivity index (χ1v) is 8.62. The summed E-state index contributed by atoms with van der Waals surface area (Å²) in [6.07, 6.45) is 0. The molecule has 0 spiro atoms. The van der Waals surface area contributed by atoms with Crippen molar-refractivity contribution in [2.45, 2.75) is 26.7 Å². The Balaban J connectivity index is 0.000000316. The van der Waals surface area contributed by atoms with Crippen LogP contribution in [0.4, 0.5) is 0 Å². The second-order valence-electron chi connectivity index (χ2n) is 5.93. The fraction of sp³-hybridized carbons (Fsp3) is 0.444. The molecule has 3 heterocycles. The molecule has 1 aromatic heterocycles. The van der Waals surface area contributed by atoms with Crippen LogP contribution in [0.3, 0.4) is 0 Å². The number of thiocarbonyl (C=S) groups is 1. The van der Waals surface area contributed by atoms with Gasteiger partial charge in [-0.15, -0.1) is 0 Å². The van der Waals surface area contributed by atoms with Gasteiger partial charge in [0.1, 0.15) is 16.5 Å². The third kappa shape index (κ3) is 4.74. The quantitative estimate of drug-likeness (QED) is 0.469. The number of Topliss-reactive ketones (excluding diaryl/α,β-unsaturated/α-hetero) is 1. The number of nitrogens with two attached hydrogens (primary N) is 1. The number of ketones is 1. The minimum atomic E-state index is -0.509. The predicted molar refractivity (Wildman–Crippen MR) is 99.7 cm³/mol. The maximum Gasteiger partial charge on any atom is 0.158 e. The minimum Gasteiger partial charge on any atom is -0.763 e. The molecule has 3 N–H and O–H groups in total. The summed E-state index contributed by atoms with van der Waals surface area (Å²) < 4.78 is 10.6. The Labute approximate surface area is 152 Å². The molecule has 0 radical (unpaired) electrons. The van der Waals surface area contributed by atoms with E-state index in [9.17, 15) is 10.2 Å². The Morgan fingerprint density at radius 1 is 1.36 bits per heavy atom. The summed E-state index contributed by atoms with van der Waals surface area (Å²) in [4.78, 5) is 12.2. The maximum absolute atomic E-state index is 11.9. The number of allylic oxidation sites excluding steroid dienone is 2. The first-order chi connectivity index (χ1) is 12.0. The monoisotopic (exact) mass is 361 g/mol. The van der Waals surface area contributed by atoms with Gasteiger partial charge in [0.25, 0.3) is 0 Å². The van der Waals surface area contributed by atoms with Crippen LogP contribution in [0.25, 0.3) is 5.41 Å². The first-order valence-electron chi connectivity index (χ1n) is 8.21. The highest BCUT2D eigenvalue weighted by Crippen LogP contribution is 2.37. The van der Waals surface area contributed by atoms with Crippen LogP contribution >= 0.6 is 12.2 Å². The van der Waals surface area contributed by atoms with E-state index in [0.717, 1.165) is 32.1 Å². The Kier molecular flexibility index (Phi) is 6.84. The molecule has 0 aromatic carbocycles. The maximum atomic E-state index is 11.9. The van der Waals surface area contributed by atoms with Gasteiger partial charge < -0.3 is 25.2 Å². The smallest absolute Gasteiger partial charge is 0.158 e. The highest BCUT2D eigenvalue weighted by Gasteiger charge is 2.33. The van der Waals surface area contributed by atoms with E-state index < -0.39 is 5.92 Å². The van der Waals surface area contributed by atoms with Crippen molar-refractivity contribution in [3.05, 3.63) is 45.9 Å². The predicted octanol–water partition coefficient (Wildman–Crippen LogP) is 1.21. The zero-order valence-electron chi connectivity index (χ0n) is 14.7. The highest BCUT2D eigenvalue weighted by molar-refractivity contribution is 7.80. The largest absolute Gasteiger partial charge is 0.763 e. The number of rotatable bonds is 2. The lowest BCUT2D eigenvalue weighted by atomic mass is 9.83. The van der Waals surface area contributed by atoms with Crippen molar-refractivity contribution < 1.29 is 19.3 Å². The van der Waals surface area contributed by atoms with Gasteiger partial charge in [0.15, 0.2) is 5.78 Å². The van der Waals surface area contributed by atoms with Crippen LogP contribution in [0, 0.1) is 6.92 Å². The summed E-state index contributed by atoms with van der Waals surface area (Å²) in [7, 11) is 0. The number of furan rings is 1. The van der Waals surface area contributed by atoms with Crippen molar-refractivity contribution in [1.82, 2.24) is 5.32 Å².